The van der Waals surface area contributed by atoms with E-state index in [-0.39, 0.29) is 4.47 Å². The average Bonchev–Trinajstić information content (AvgIpc) is 2.12. The van der Waals surface area contributed by atoms with Crippen LogP contribution in [0, 0.1) is 5.82 Å². The van der Waals surface area contributed by atoms with E-state index in [1.54, 1.807) is 0 Å². The van der Waals surface area contributed by atoms with Gasteiger partial charge in [-0.1, -0.05) is 29.5 Å². The number of benzene rings is 1. The van der Waals surface area contributed by atoms with E-state index in [9.17, 15) is 9.18 Å². The third kappa shape index (κ3) is 4.78. The molecule has 0 spiro atoms. The Labute approximate surface area is 109 Å². The smallest absolute Gasteiger partial charge is 0.339 e. The predicted molar refractivity (Wildman–Crippen MR) is 67.3 cm³/mol. The van der Waals surface area contributed by atoms with Gasteiger partial charge in [-0.05, 0) is 32.5 Å². The van der Waals surface area contributed by atoms with E-state index >= 15 is 0 Å². The second-order valence-electron chi connectivity index (χ2n) is 2.36. The summed E-state index contributed by atoms with van der Waals surface area (Å²) in [5.41, 5.74) is -0.448. The molecule has 0 bridgehead atoms. The van der Waals surface area contributed by atoms with Crippen molar-refractivity contribution in [2.75, 3.05) is 4.43 Å². The molecular formula is C9H9BrFIO3. The first-order chi connectivity index (χ1) is 6.93. The molecule has 84 valence electrons. The molecule has 0 aliphatic rings. The first-order valence-electron chi connectivity index (χ1n) is 3.91. The van der Waals surface area contributed by atoms with Crippen molar-refractivity contribution in [3.05, 3.63) is 28.0 Å². The topological polar surface area (TPSA) is 57.5 Å². The highest BCUT2D eigenvalue weighted by Crippen LogP contribution is 2.25. The van der Waals surface area contributed by atoms with Gasteiger partial charge in [-0.25, -0.2) is 9.18 Å². The van der Waals surface area contributed by atoms with Gasteiger partial charge in [-0.15, -0.1) is 0 Å². The minimum atomic E-state index is -1.36. The van der Waals surface area contributed by atoms with Crippen molar-refractivity contribution >= 4 is 44.5 Å². The van der Waals surface area contributed by atoms with Crippen molar-refractivity contribution in [1.82, 2.24) is 0 Å². The minimum Gasteiger partial charge on any atom is -0.507 e. The molecule has 3 nitrogen and oxygen atoms in total. The van der Waals surface area contributed by atoms with Crippen LogP contribution in [-0.4, -0.2) is 20.6 Å². The highest BCUT2D eigenvalue weighted by molar-refractivity contribution is 14.1. The van der Waals surface area contributed by atoms with E-state index in [2.05, 4.69) is 45.4 Å². The zero-order chi connectivity index (χ0) is 12.0. The standard InChI is InChI=1S/C7H4BrFO3.C2H5I/c8-4-2-6(10)3(7(11)12)1-5(4)9;1-2-3/h1-2,10H,(H,11,12);2H2,1H3. The molecule has 0 heterocycles. The van der Waals surface area contributed by atoms with Gasteiger partial charge in [0.1, 0.15) is 17.1 Å². The first-order valence-corrected chi connectivity index (χ1v) is 6.23. The molecule has 0 amide bonds. The van der Waals surface area contributed by atoms with Gasteiger partial charge in [0, 0.05) is 0 Å². The Morgan fingerprint density at radius 3 is 2.47 bits per heavy atom. The summed E-state index contributed by atoms with van der Waals surface area (Å²) in [6.07, 6.45) is 0. The van der Waals surface area contributed by atoms with Gasteiger partial charge in [-0.2, -0.15) is 0 Å². The van der Waals surface area contributed by atoms with Crippen LogP contribution in [0.4, 0.5) is 4.39 Å². The summed E-state index contributed by atoms with van der Waals surface area (Å²) in [5, 5.41) is 17.4. The fourth-order valence-electron chi connectivity index (χ4n) is 0.708. The Morgan fingerprint density at radius 1 is 1.60 bits per heavy atom. The van der Waals surface area contributed by atoms with Crippen LogP contribution in [0.25, 0.3) is 0 Å². The molecule has 0 radical (unpaired) electrons. The number of aromatic hydroxyl groups is 1. The molecule has 0 fully saturated rings. The van der Waals surface area contributed by atoms with E-state index in [1.807, 2.05) is 0 Å². The number of alkyl halides is 1. The van der Waals surface area contributed by atoms with Gasteiger partial charge < -0.3 is 10.2 Å². The number of carbonyl (C=O) groups is 1. The molecule has 0 aromatic heterocycles. The molecule has 0 aliphatic heterocycles. The van der Waals surface area contributed by atoms with E-state index in [1.165, 1.54) is 4.43 Å². The molecule has 0 unspecified atom stereocenters. The third-order valence-electron chi connectivity index (χ3n) is 1.27. The lowest BCUT2D eigenvalue weighted by Crippen LogP contribution is -1.97. The lowest BCUT2D eigenvalue weighted by molar-refractivity contribution is 0.0693. The SMILES string of the molecule is CCI.O=C(O)c1cc(F)c(Br)cc1O. The van der Waals surface area contributed by atoms with Gasteiger partial charge in [-0.3, -0.25) is 0 Å². The van der Waals surface area contributed by atoms with Crippen LogP contribution in [0.3, 0.4) is 0 Å². The Kier molecular flexibility index (Phi) is 6.82. The van der Waals surface area contributed by atoms with Gasteiger partial charge in [0.2, 0.25) is 0 Å². The molecule has 6 heteroatoms. The van der Waals surface area contributed by atoms with Crippen molar-refractivity contribution in [2.24, 2.45) is 0 Å². The monoisotopic (exact) mass is 390 g/mol. The third-order valence-corrected chi connectivity index (χ3v) is 1.88. The van der Waals surface area contributed by atoms with Crippen LogP contribution in [0.5, 0.6) is 5.75 Å². The average molecular weight is 391 g/mol. The van der Waals surface area contributed by atoms with Crippen LogP contribution in [0.2, 0.25) is 0 Å². The molecule has 2 N–H and O–H groups in total. The summed E-state index contributed by atoms with van der Waals surface area (Å²) in [6, 6.07) is 1.75. The van der Waals surface area contributed by atoms with Gasteiger partial charge in [0.25, 0.3) is 0 Å². The summed E-state index contributed by atoms with van der Waals surface area (Å²) in [7, 11) is 0. The highest BCUT2D eigenvalue weighted by Gasteiger charge is 2.12. The maximum Gasteiger partial charge on any atom is 0.339 e. The van der Waals surface area contributed by atoms with Crippen LogP contribution >= 0.6 is 38.5 Å². The molecular weight excluding hydrogens is 382 g/mol. The van der Waals surface area contributed by atoms with E-state index < -0.39 is 23.1 Å². The number of carboxylic acid groups (broad SMARTS) is 1. The van der Waals surface area contributed by atoms with Crippen LogP contribution in [0.1, 0.15) is 17.3 Å². The zero-order valence-corrected chi connectivity index (χ0v) is 11.5. The molecule has 1 rings (SSSR count). The quantitative estimate of drug-likeness (QED) is 0.570. The second kappa shape index (κ2) is 7.00. The Hall–Kier alpha value is -0.370. The summed E-state index contributed by atoms with van der Waals surface area (Å²) < 4.78 is 14.0. The molecule has 0 saturated heterocycles. The Bertz CT molecular complexity index is 357. The van der Waals surface area contributed by atoms with Crippen molar-refractivity contribution in [1.29, 1.82) is 0 Å². The number of rotatable bonds is 1. The van der Waals surface area contributed by atoms with Crippen molar-refractivity contribution in [3.63, 3.8) is 0 Å². The number of aromatic carboxylic acids is 1. The second-order valence-corrected chi connectivity index (χ2v) is 4.74. The largest absolute Gasteiger partial charge is 0.507 e. The van der Waals surface area contributed by atoms with Crippen LogP contribution in [-0.2, 0) is 0 Å². The van der Waals surface area contributed by atoms with E-state index in [4.69, 9.17) is 10.2 Å². The Morgan fingerprint density at radius 2 is 2.07 bits per heavy atom. The number of halogens is 3. The van der Waals surface area contributed by atoms with Crippen LogP contribution < -0.4 is 0 Å². The molecule has 1 aromatic carbocycles. The first kappa shape index (κ1) is 14.6. The zero-order valence-electron chi connectivity index (χ0n) is 7.80. The summed E-state index contributed by atoms with van der Waals surface area (Å²) in [6.45, 7) is 2.11. The lowest BCUT2D eigenvalue weighted by Gasteiger charge is -2.00. The van der Waals surface area contributed by atoms with E-state index in [0.717, 1.165) is 12.1 Å². The molecule has 0 saturated carbocycles. The maximum atomic E-state index is 12.7. The normalized spacial score (nSPS) is 9.07. The van der Waals surface area contributed by atoms with E-state index in [0.29, 0.717) is 0 Å². The molecule has 0 aliphatic carbocycles. The molecule has 0 atom stereocenters. The molecule has 1 aromatic rings. The van der Waals surface area contributed by atoms with Gasteiger partial charge >= 0.3 is 5.97 Å². The van der Waals surface area contributed by atoms with Gasteiger partial charge in [0.05, 0.1) is 4.47 Å². The highest BCUT2D eigenvalue weighted by atomic mass is 127. The molecule has 15 heavy (non-hydrogen) atoms. The summed E-state index contributed by atoms with van der Waals surface area (Å²) in [4.78, 5) is 10.3. The summed E-state index contributed by atoms with van der Waals surface area (Å²) in [5.74, 6) is -2.54. The Balaban J connectivity index is 0.000000583. The van der Waals surface area contributed by atoms with Gasteiger partial charge in [0.15, 0.2) is 0 Å². The predicted octanol–water partition coefficient (Wildman–Crippen LogP) is 3.43. The minimum absolute atomic E-state index is 0.0324. The fraction of sp³-hybridized carbons (Fsp3) is 0.222. The van der Waals surface area contributed by atoms with Crippen molar-refractivity contribution in [2.45, 2.75) is 6.92 Å². The number of hydrogen-bond acceptors (Lipinski definition) is 2. The maximum absolute atomic E-state index is 12.7. The number of carboxylic acids is 1. The van der Waals surface area contributed by atoms with Crippen molar-refractivity contribution < 1.29 is 19.4 Å². The summed E-state index contributed by atoms with van der Waals surface area (Å²) >= 11 is 5.09. The fourth-order valence-corrected chi connectivity index (χ4v) is 1.04. The van der Waals surface area contributed by atoms with Crippen LogP contribution in [0.15, 0.2) is 16.6 Å². The lowest BCUT2D eigenvalue weighted by atomic mass is 10.2. The van der Waals surface area contributed by atoms with Crippen molar-refractivity contribution in [3.8, 4) is 5.75 Å². The number of hydrogen-bond donors (Lipinski definition) is 2. The number of phenols is 1.